The summed E-state index contributed by atoms with van der Waals surface area (Å²) in [6, 6.07) is 5.94. The van der Waals surface area contributed by atoms with Crippen molar-refractivity contribution in [2.75, 3.05) is 24.5 Å². The molecule has 2 heterocycles. The van der Waals surface area contributed by atoms with Crippen LogP contribution >= 0.6 is 0 Å². The molecule has 1 aromatic carbocycles. The topological polar surface area (TPSA) is 52.7 Å². The van der Waals surface area contributed by atoms with Crippen molar-refractivity contribution in [3.8, 4) is 0 Å². The van der Waals surface area contributed by atoms with Crippen LogP contribution in [0.5, 0.6) is 0 Å². The minimum atomic E-state index is -0.106. The van der Waals surface area contributed by atoms with Crippen LogP contribution in [0.3, 0.4) is 0 Å². The van der Waals surface area contributed by atoms with Crippen molar-refractivity contribution < 1.29 is 9.59 Å². The average Bonchev–Trinajstić information content (AvgIpc) is 2.91. The van der Waals surface area contributed by atoms with Crippen LogP contribution in [0, 0.1) is 19.8 Å². The second-order valence-corrected chi connectivity index (χ2v) is 7.29. The molecular weight excluding hydrogens is 302 g/mol. The van der Waals surface area contributed by atoms with E-state index in [2.05, 4.69) is 26.1 Å². The van der Waals surface area contributed by atoms with Gasteiger partial charge in [0.1, 0.15) is 0 Å². The van der Waals surface area contributed by atoms with Crippen LogP contribution in [0.15, 0.2) is 18.2 Å². The molecule has 3 amide bonds. The fraction of sp³-hybridized carbons (Fsp3) is 0.579. The number of urea groups is 1. The Labute approximate surface area is 144 Å². The lowest BCUT2D eigenvalue weighted by Gasteiger charge is -2.31. The van der Waals surface area contributed by atoms with E-state index in [9.17, 15) is 9.59 Å². The number of likely N-dealkylation sites (tertiary alicyclic amines) is 1. The van der Waals surface area contributed by atoms with E-state index >= 15 is 0 Å². The largest absolute Gasteiger partial charge is 0.333 e. The van der Waals surface area contributed by atoms with Gasteiger partial charge < -0.3 is 15.1 Å². The SMILES string of the molecule is Cc1ccc(N2CC(NC(=O)N3CCC(C)CC3)CC2=O)cc1C. The Bertz CT molecular complexity index is 635. The summed E-state index contributed by atoms with van der Waals surface area (Å²) < 4.78 is 0. The van der Waals surface area contributed by atoms with Gasteiger partial charge in [-0.1, -0.05) is 13.0 Å². The summed E-state index contributed by atoms with van der Waals surface area (Å²) in [5.74, 6) is 0.776. The van der Waals surface area contributed by atoms with E-state index in [4.69, 9.17) is 0 Å². The number of aryl methyl sites for hydroxylation is 2. The molecule has 24 heavy (non-hydrogen) atoms. The average molecular weight is 329 g/mol. The van der Waals surface area contributed by atoms with Crippen LogP contribution in [-0.4, -0.2) is 42.5 Å². The summed E-state index contributed by atoms with van der Waals surface area (Å²) in [4.78, 5) is 28.4. The molecule has 3 rings (SSSR count). The molecule has 5 nitrogen and oxygen atoms in total. The minimum absolute atomic E-state index is 0.0263. The third-order valence-corrected chi connectivity index (χ3v) is 5.33. The van der Waals surface area contributed by atoms with E-state index in [0.29, 0.717) is 18.9 Å². The number of carbonyl (C=O) groups excluding carboxylic acids is 2. The molecule has 2 aliphatic heterocycles. The first-order chi connectivity index (χ1) is 11.4. The molecule has 1 aromatic rings. The summed E-state index contributed by atoms with van der Waals surface area (Å²) in [7, 11) is 0. The molecule has 2 saturated heterocycles. The van der Waals surface area contributed by atoms with Crippen LogP contribution in [0.1, 0.15) is 37.3 Å². The van der Waals surface area contributed by atoms with Gasteiger partial charge in [0, 0.05) is 31.7 Å². The second-order valence-electron chi connectivity index (χ2n) is 7.29. The molecule has 1 atom stereocenters. The molecule has 0 bridgehead atoms. The lowest BCUT2D eigenvalue weighted by Crippen LogP contribution is -2.48. The smallest absolute Gasteiger partial charge is 0.317 e. The maximum atomic E-state index is 12.4. The quantitative estimate of drug-likeness (QED) is 0.907. The molecule has 2 fully saturated rings. The molecule has 2 aliphatic rings. The summed E-state index contributed by atoms with van der Waals surface area (Å²) in [6.45, 7) is 8.52. The highest BCUT2D eigenvalue weighted by Crippen LogP contribution is 2.24. The van der Waals surface area contributed by atoms with Gasteiger partial charge in [0.25, 0.3) is 0 Å². The zero-order valence-corrected chi connectivity index (χ0v) is 14.8. The zero-order valence-electron chi connectivity index (χ0n) is 14.8. The van der Waals surface area contributed by atoms with E-state index in [1.165, 1.54) is 11.1 Å². The van der Waals surface area contributed by atoms with E-state index in [1.807, 2.05) is 23.1 Å². The van der Waals surface area contributed by atoms with Crippen LogP contribution < -0.4 is 10.2 Å². The Morgan fingerprint density at radius 2 is 1.88 bits per heavy atom. The van der Waals surface area contributed by atoms with E-state index in [-0.39, 0.29) is 18.0 Å². The predicted molar refractivity (Wildman–Crippen MR) is 95.2 cm³/mol. The fourth-order valence-corrected chi connectivity index (χ4v) is 3.42. The molecule has 0 aromatic heterocycles. The Kier molecular flexibility index (Phi) is 4.78. The van der Waals surface area contributed by atoms with E-state index in [0.717, 1.165) is 31.6 Å². The standard InChI is InChI=1S/C19H27N3O2/c1-13-6-8-21(9-7-13)19(24)20-16-11-18(23)22(12-16)17-5-4-14(2)15(3)10-17/h4-5,10,13,16H,6-9,11-12H2,1-3H3,(H,20,24). The number of nitrogens with zero attached hydrogens (tertiary/aromatic N) is 2. The number of hydrogen-bond donors (Lipinski definition) is 1. The third kappa shape index (κ3) is 3.55. The highest BCUT2D eigenvalue weighted by atomic mass is 16.2. The summed E-state index contributed by atoms with van der Waals surface area (Å²) in [5.41, 5.74) is 3.32. The second kappa shape index (κ2) is 6.83. The number of benzene rings is 1. The first kappa shape index (κ1) is 16.8. The highest BCUT2D eigenvalue weighted by molar-refractivity contribution is 5.96. The number of amides is 3. The Morgan fingerprint density at radius 3 is 2.54 bits per heavy atom. The van der Waals surface area contributed by atoms with Crippen molar-refractivity contribution in [3.05, 3.63) is 29.3 Å². The van der Waals surface area contributed by atoms with Crippen LogP contribution in [0.25, 0.3) is 0 Å². The Balaban J connectivity index is 1.60. The summed E-state index contributed by atoms with van der Waals surface area (Å²) in [5, 5.41) is 3.04. The number of piperidine rings is 1. The molecule has 0 saturated carbocycles. The first-order valence-electron chi connectivity index (χ1n) is 8.87. The molecule has 130 valence electrons. The first-order valence-corrected chi connectivity index (χ1v) is 8.87. The van der Waals surface area contributed by atoms with Gasteiger partial charge in [-0.25, -0.2) is 4.79 Å². The number of carbonyl (C=O) groups is 2. The normalized spacial score (nSPS) is 22.1. The lowest BCUT2D eigenvalue weighted by atomic mass is 10.00. The van der Waals surface area contributed by atoms with Crippen molar-refractivity contribution in [3.63, 3.8) is 0 Å². The monoisotopic (exact) mass is 329 g/mol. The van der Waals surface area contributed by atoms with Gasteiger partial charge in [-0.15, -0.1) is 0 Å². The van der Waals surface area contributed by atoms with Crippen LogP contribution in [0.2, 0.25) is 0 Å². The molecule has 1 unspecified atom stereocenters. The Hall–Kier alpha value is -2.04. The van der Waals surface area contributed by atoms with Crippen molar-refractivity contribution >= 4 is 17.6 Å². The van der Waals surface area contributed by atoms with Gasteiger partial charge >= 0.3 is 6.03 Å². The zero-order chi connectivity index (χ0) is 17.3. The van der Waals surface area contributed by atoms with Gasteiger partial charge in [0.15, 0.2) is 0 Å². The van der Waals surface area contributed by atoms with Gasteiger partial charge in [-0.3, -0.25) is 4.79 Å². The number of anilines is 1. The molecular formula is C19H27N3O2. The van der Waals surface area contributed by atoms with Crippen molar-refractivity contribution in [2.24, 2.45) is 5.92 Å². The van der Waals surface area contributed by atoms with E-state index < -0.39 is 0 Å². The summed E-state index contributed by atoms with van der Waals surface area (Å²) in [6.07, 6.45) is 2.50. The van der Waals surface area contributed by atoms with Gasteiger partial charge in [0.05, 0.1) is 6.04 Å². The van der Waals surface area contributed by atoms with Crippen LogP contribution in [0.4, 0.5) is 10.5 Å². The van der Waals surface area contributed by atoms with Crippen molar-refractivity contribution in [2.45, 2.75) is 46.1 Å². The number of nitrogens with one attached hydrogen (secondary N) is 1. The van der Waals surface area contributed by atoms with Crippen molar-refractivity contribution in [1.82, 2.24) is 10.2 Å². The third-order valence-electron chi connectivity index (χ3n) is 5.33. The highest BCUT2D eigenvalue weighted by Gasteiger charge is 2.33. The molecule has 5 heteroatoms. The maximum absolute atomic E-state index is 12.4. The number of rotatable bonds is 2. The molecule has 0 spiro atoms. The molecule has 0 aliphatic carbocycles. The number of hydrogen-bond acceptors (Lipinski definition) is 2. The summed E-state index contributed by atoms with van der Waals surface area (Å²) >= 11 is 0. The van der Waals surface area contributed by atoms with Crippen molar-refractivity contribution in [1.29, 1.82) is 0 Å². The van der Waals surface area contributed by atoms with E-state index in [1.54, 1.807) is 4.90 Å². The predicted octanol–water partition coefficient (Wildman–Crippen LogP) is 2.85. The van der Waals surface area contributed by atoms with Gasteiger partial charge in [-0.05, 0) is 55.9 Å². The fourth-order valence-electron chi connectivity index (χ4n) is 3.42. The molecule has 1 N–H and O–H groups in total. The molecule has 0 radical (unpaired) electrons. The minimum Gasteiger partial charge on any atom is -0.333 e. The maximum Gasteiger partial charge on any atom is 0.317 e. The lowest BCUT2D eigenvalue weighted by molar-refractivity contribution is -0.117. The van der Waals surface area contributed by atoms with Crippen LogP contribution in [-0.2, 0) is 4.79 Å². The Morgan fingerprint density at radius 1 is 1.17 bits per heavy atom. The van der Waals surface area contributed by atoms with Gasteiger partial charge in [0.2, 0.25) is 5.91 Å². The van der Waals surface area contributed by atoms with Gasteiger partial charge in [-0.2, -0.15) is 0 Å².